The summed E-state index contributed by atoms with van der Waals surface area (Å²) in [6.07, 6.45) is 5.95. The number of hydrogen-bond acceptors (Lipinski definition) is 4. The van der Waals surface area contributed by atoms with Gasteiger partial charge in [-0.25, -0.2) is 4.98 Å². The summed E-state index contributed by atoms with van der Waals surface area (Å²) in [6.45, 7) is 3.03. The number of aliphatic hydroxyl groups is 1. The van der Waals surface area contributed by atoms with E-state index in [2.05, 4.69) is 4.98 Å². The predicted molar refractivity (Wildman–Crippen MR) is 113 cm³/mol. The number of ketones is 1. The third kappa shape index (κ3) is 3.76. The fourth-order valence-electron chi connectivity index (χ4n) is 3.80. The van der Waals surface area contributed by atoms with Crippen LogP contribution in [0.1, 0.15) is 29.2 Å². The molecule has 0 spiro atoms. The van der Waals surface area contributed by atoms with Gasteiger partial charge in [0.05, 0.1) is 17.9 Å². The molecule has 152 valence electrons. The Bertz CT molecular complexity index is 1070. The van der Waals surface area contributed by atoms with Crippen molar-refractivity contribution in [2.45, 2.75) is 25.9 Å². The number of carbonyl (C=O) groups is 2. The van der Waals surface area contributed by atoms with E-state index >= 15 is 0 Å². The van der Waals surface area contributed by atoms with Crippen LogP contribution in [0.15, 0.2) is 78.9 Å². The zero-order valence-electron chi connectivity index (χ0n) is 16.7. The molecule has 3 aromatic rings. The summed E-state index contributed by atoms with van der Waals surface area (Å²) in [5.74, 6) is -1.37. The molecule has 0 aliphatic carbocycles. The second-order valence-corrected chi connectivity index (χ2v) is 7.42. The molecule has 6 nitrogen and oxygen atoms in total. The molecule has 1 saturated heterocycles. The fraction of sp³-hybridized carbons (Fsp3) is 0.208. The van der Waals surface area contributed by atoms with Crippen molar-refractivity contribution in [3.63, 3.8) is 0 Å². The number of aromatic nitrogens is 2. The van der Waals surface area contributed by atoms with Crippen LogP contribution in [-0.2, 0) is 16.1 Å². The first-order valence-corrected chi connectivity index (χ1v) is 9.92. The summed E-state index contributed by atoms with van der Waals surface area (Å²) in [5.41, 5.74) is 2.51. The first kappa shape index (κ1) is 19.6. The van der Waals surface area contributed by atoms with E-state index < -0.39 is 17.7 Å². The van der Waals surface area contributed by atoms with Crippen LogP contribution in [0, 0.1) is 6.92 Å². The fourth-order valence-corrected chi connectivity index (χ4v) is 3.80. The van der Waals surface area contributed by atoms with E-state index in [0.717, 1.165) is 11.1 Å². The number of rotatable bonds is 6. The number of nitrogens with zero attached hydrogens (tertiary/aromatic N) is 3. The zero-order valence-corrected chi connectivity index (χ0v) is 16.7. The van der Waals surface area contributed by atoms with E-state index in [4.69, 9.17) is 0 Å². The van der Waals surface area contributed by atoms with Gasteiger partial charge in [0.2, 0.25) is 0 Å². The number of carbonyl (C=O) groups excluding carboxylic acids is 2. The normalized spacial score (nSPS) is 18.2. The highest BCUT2D eigenvalue weighted by Crippen LogP contribution is 2.39. The predicted octanol–water partition coefficient (Wildman–Crippen LogP) is 3.70. The van der Waals surface area contributed by atoms with E-state index in [0.29, 0.717) is 25.1 Å². The number of aliphatic hydroxyl groups excluding tert-OH is 1. The number of hydrogen-bond donors (Lipinski definition) is 1. The van der Waals surface area contributed by atoms with Gasteiger partial charge in [0.1, 0.15) is 5.76 Å². The van der Waals surface area contributed by atoms with Gasteiger partial charge in [0.15, 0.2) is 0 Å². The van der Waals surface area contributed by atoms with Crippen molar-refractivity contribution in [1.82, 2.24) is 14.5 Å². The third-order valence-corrected chi connectivity index (χ3v) is 5.35. The molecule has 6 heteroatoms. The summed E-state index contributed by atoms with van der Waals surface area (Å²) in [4.78, 5) is 31.4. The van der Waals surface area contributed by atoms with Crippen LogP contribution < -0.4 is 0 Å². The molecule has 4 rings (SSSR count). The Balaban J connectivity index is 1.71. The topological polar surface area (TPSA) is 75.4 Å². The molecule has 1 amide bonds. The molecule has 30 heavy (non-hydrogen) atoms. The second kappa shape index (κ2) is 8.37. The minimum absolute atomic E-state index is 0.137. The third-order valence-electron chi connectivity index (χ3n) is 5.35. The Hall–Kier alpha value is -3.67. The van der Waals surface area contributed by atoms with Gasteiger partial charge in [-0.3, -0.25) is 9.59 Å². The molecule has 0 bridgehead atoms. The quantitative estimate of drug-likeness (QED) is 0.388. The van der Waals surface area contributed by atoms with Crippen molar-refractivity contribution in [2.75, 3.05) is 6.54 Å². The maximum Gasteiger partial charge on any atom is 0.295 e. The van der Waals surface area contributed by atoms with E-state index in [-0.39, 0.29) is 11.3 Å². The molecule has 0 saturated carbocycles. The summed E-state index contributed by atoms with van der Waals surface area (Å²) >= 11 is 0. The SMILES string of the molecule is Cc1ccc(/C(O)=C2\C(=O)C(=O)N(CCCn3ccnc3)[C@@H]2c2ccccc2)cc1. The highest BCUT2D eigenvalue weighted by Gasteiger charge is 2.45. The smallest absolute Gasteiger partial charge is 0.295 e. The average Bonchev–Trinajstić information content (AvgIpc) is 3.37. The molecule has 1 aromatic heterocycles. The molecule has 2 aromatic carbocycles. The molecule has 1 aliphatic rings. The minimum Gasteiger partial charge on any atom is -0.507 e. The lowest BCUT2D eigenvalue weighted by atomic mass is 9.95. The van der Waals surface area contributed by atoms with Crippen LogP contribution in [-0.4, -0.2) is 37.8 Å². The highest BCUT2D eigenvalue weighted by atomic mass is 16.3. The minimum atomic E-state index is -0.649. The molecule has 1 fully saturated rings. The van der Waals surface area contributed by atoms with Crippen molar-refractivity contribution < 1.29 is 14.7 Å². The van der Waals surface area contributed by atoms with Gasteiger partial charge < -0.3 is 14.6 Å². The number of benzene rings is 2. The number of aryl methyl sites for hydroxylation is 2. The largest absolute Gasteiger partial charge is 0.507 e. The number of likely N-dealkylation sites (tertiary alicyclic amines) is 1. The van der Waals surface area contributed by atoms with Crippen molar-refractivity contribution in [3.8, 4) is 0 Å². The number of Topliss-reactive ketones (excluding diaryl/α,β-unsaturated/α-hetero) is 1. The molecule has 0 radical (unpaired) electrons. The van der Waals surface area contributed by atoms with Crippen LogP contribution in [0.25, 0.3) is 5.76 Å². The Morgan fingerprint density at radius 3 is 2.43 bits per heavy atom. The van der Waals surface area contributed by atoms with Gasteiger partial charge in [-0.05, 0) is 18.9 Å². The van der Waals surface area contributed by atoms with Crippen molar-refractivity contribution in [3.05, 3.63) is 95.6 Å². The van der Waals surface area contributed by atoms with Crippen molar-refractivity contribution >= 4 is 17.4 Å². The number of amides is 1. The molecule has 2 heterocycles. The molecular formula is C24H23N3O3. The van der Waals surface area contributed by atoms with Crippen LogP contribution in [0.4, 0.5) is 0 Å². The van der Waals surface area contributed by atoms with Gasteiger partial charge >= 0.3 is 0 Å². The maximum absolute atomic E-state index is 12.9. The number of imidazole rings is 1. The first-order valence-electron chi connectivity index (χ1n) is 9.92. The van der Waals surface area contributed by atoms with Crippen molar-refractivity contribution in [1.29, 1.82) is 0 Å². The lowest BCUT2D eigenvalue weighted by Crippen LogP contribution is -2.31. The van der Waals surface area contributed by atoms with Gasteiger partial charge in [-0.1, -0.05) is 60.2 Å². The van der Waals surface area contributed by atoms with E-state index in [1.165, 1.54) is 0 Å². The van der Waals surface area contributed by atoms with Crippen LogP contribution in [0.5, 0.6) is 0 Å². The van der Waals surface area contributed by atoms with Gasteiger partial charge in [0.25, 0.3) is 11.7 Å². The summed E-state index contributed by atoms with van der Waals surface area (Å²) < 4.78 is 1.93. The van der Waals surface area contributed by atoms with E-state index in [1.54, 1.807) is 29.6 Å². The Morgan fingerprint density at radius 2 is 1.77 bits per heavy atom. The molecule has 1 atom stereocenters. The molecule has 0 unspecified atom stereocenters. The van der Waals surface area contributed by atoms with Crippen LogP contribution in [0.2, 0.25) is 0 Å². The highest BCUT2D eigenvalue weighted by molar-refractivity contribution is 6.46. The van der Waals surface area contributed by atoms with Crippen molar-refractivity contribution in [2.24, 2.45) is 0 Å². The summed E-state index contributed by atoms with van der Waals surface area (Å²) in [6, 6.07) is 16.0. The monoisotopic (exact) mass is 401 g/mol. The Labute approximate surface area is 175 Å². The Morgan fingerprint density at radius 1 is 1.03 bits per heavy atom. The van der Waals surface area contributed by atoms with Gasteiger partial charge in [-0.2, -0.15) is 0 Å². The van der Waals surface area contributed by atoms with Gasteiger partial charge in [-0.15, -0.1) is 0 Å². The average molecular weight is 401 g/mol. The van der Waals surface area contributed by atoms with Crippen LogP contribution >= 0.6 is 0 Å². The lowest BCUT2D eigenvalue weighted by Gasteiger charge is -2.25. The maximum atomic E-state index is 12.9. The van der Waals surface area contributed by atoms with E-state index in [1.807, 2.05) is 60.2 Å². The van der Waals surface area contributed by atoms with E-state index in [9.17, 15) is 14.7 Å². The Kier molecular flexibility index (Phi) is 5.48. The summed E-state index contributed by atoms with van der Waals surface area (Å²) in [7, 11) is 0. The van der Waals surface area contributed by atoms with Gasteiger partial charge in [0, 0.05) is 31.0 Å². The molecular weight excluding hydrogens is 378 g/mol. The second-order valence-electron chi connectivity index (χ2n) is 7.42. The molecule has 1 N–H and O–H groups in total. The van der Waals surface area contributed by atoms with Crippen LogP contribution in [0.3, 0.4) is 0 Å². The standard InChI is InChI=1S/C24H23N3O3/c1-17-8-10-19(11-9-17)22(28)20-21(18-6-3-2-4-7-18)27(24(30)23(20)29)14-5-13-26-15-12-25-16-26/h2-4,6-12,15-16,21,28H,5,13-14H2,1H3/b22-20+/t21-/m1/s1. The molecule has 1 aliphatic heterocycles. The lowest BCUT2D eigenvalue weighted by molar-refractivity contribution is -0.139. The first-order chi connectivity index (χ1) is 14.6. The summed E-state index contributed by atoms with van der Waals surface area (Å²) in [5, 5.41) is 11.0. The zero-order chi connectivity index (χ0) is 21.1.